The van der Waals surface area contributed by atoms with Gasteiger partial charge in [-0.3, -0.25) is 4.79 Å². The molecule has 3 aromatic rings. The Hall–Kier alpha value is -2.07. The number of para-hydroxylation sites is 1. The van der Waals surface area contributed by atoms with Crippen LogP contribution in [0, 0.1) is 0 Å². The monoisotopic (exact) mass is 328 g/mol. The van der Waals surface area contributed by atoms with E-state index in [1.54, 1.807) is 0 Å². The molecule has 1 aromatic heterocycles. The molecule has 0 aliphatic rings. The number of carbonyl (C=O) groups excluding carboxylic acids is 1. The quantitative estimate of drug-likeness (QED) is 0.753. The molecule has 2 aromatic carbocycles. The number of rotatable bonds is 3. The predicted octanol–water partition coefficient (Wildman–Crippen LogP) is 3.86. The highest BCUT2D eigenvalue weighted by molar-refractivity contribution is 9.10. The standard InChI is InChI=1S/C16H13BrN2O/c17-14-7-2-1-4-12(14)10-19-16(20)13-6-3-5-11-8-9-18-15(11)13/h1-9,18H,10H2,(H,19,20). The number of hydrogen-bond acceptors (Lipinski definition) is 1. The van der Waals surface area contributed by atoms with Crippen LogP contribution in [-0.4, -0.2) is 10.9 Å². The van der Waals surface area contributed by atoms with Gasteiger partial charge in [-0.15, -0.1) is 0 Å². The van der Waals surface area contributed by atoms with Crippen LogP contribution >= 0.6 is 15.9 Å². The fraction of sp³-hybridized carbons (Fsp3) is 0.0625. The molecule has 0 bridgehead atoms. The molecule has 0 spiro atoms. The summed E-state index contributed by atoms with van der Waals surface area (Å²) in [6.45, 7) is 0.497. The third-order valence-corrected chi connectivity index (χ3v) is 4.00. The van der Waals surface area contributed by atoms with Gasteiger partial charge in [-0.25, -0.2) is 0 Å². The number of aromatic nitrogens is 1. The van der Waals surface area contributed by atoms with Gasteiger partial charge in [-0.1, -0.05) is 46.3 Å². The Kier molecular flexibility index (Phi) is 3.56. The molecule has 4 heteroatoms. The van der Waals surface area contributed by atoms with E-state index in [2.05, 4.69) is 26.2 Å². The molecule has 2 N–H and O–H groups in total. The molecule has 0 atom stereocenters. The van der Waals surface area contributed by atoms with Crippen LogP contribution in [0.1, 0.15) is 15.9 Å². The van der Waals surface area contributed by atoms with Gasteiger partial charge in [0.1, 0.15) is 0 Å². The van der Waals surface area contributed by atoms with Crippen LogP contribution in [0.2, 0.25) is 0 Å². The van der Waals surface area contributed by atoms with Crippen LogP contribution in [0.15, 0.2) is 59.2 Å². The van der Waals surface area contributed by atoms with E-state index < -0.39 is 0 Å². The number of fused-ring (bicyclic) bond motifs is 1. The fourth-order valence-corrected chi connectivity index (χ4v) is 2.61. The molecule has 0 unspecified atom stereocenters. The number of amides is 1. The van der Waals surface area contributed by atoms with Crippen LogP contribution in [0.5, 0.6) is 0 Å². The number of halogens is 1. The van der Waals surface area contributed by atoms with Gasteiger partial charge >= 0.3 is 0 Å². The zero-order valence-corrected chi connectivity index (χ0v) is 12.3. The minimum atomic E-state index is -0.0752. The van der Waals surface area contributed by atoms with Gasteiger partial charge < -0.3 is 10.3 Å². The first-order chi connectivity index (χ1) is 9.75. The van der Waals surface area contributed by atoms with E-state index in [-0.39, 0.29) is 5.91 Å². The summed E-state index contributed by atoms with van der Waals surface area (Å²) in [5, 5.41) is 3.99. The van der Waals surface area contributed by atoms with Crippen molar-refractivity contribution < 1.29 is 4.79 Å². The molecule has 0 aliphatic heterocycles. The van der Waals surface area contributed by atoms with E-state index in [1.807, 2.05) is 54.7 Å². The Morgan fingerprint density at radius 3 is 2.80 bits per heavy atom. The first-order valence-corrected chi connectivity index (χ1v) is 7.13. The highest BCUT2D eigenvalue weighted by Crippen LogP contribution is 2.18. The molecule has 3 nitrogen and oxygen atoms in total. The Bertz CT molecular complexity index is 764. The first kappa shape index (κ1) is 12.9. The maximum atomic E-state index is 12.3. The lowest BCUT2D eigenvalue weighted by Gasteiger charge is -2.08. The third kappa shape index (κ3) is 2.47. The van der Waals surface area contributed by atoms with Crippen LogP contribution in [0.25, 0.3) is 10.9 Å². The molecular formula is C16H13BrN2O. The zero-order chi connectivity index (χ0) is 13.9. The summed E-state index contributed by atoms with van der Waals surface area (Å²) in [4.78, 5) is 15.4. The molecule has 0 radical (unpaired) electrons. The van der Waals surface area contributed by atoms with Gasteiger partial charge in [0.25, 0.3) is 5.91 Å². The lowest BCUT2D eigenvalue weighted by atomic mass is 10.1. The Balaban J connectivity index is 1.80. The van der Waals surface area contributed by atoms with Crippen molar-refractivity contribution in [3.8, 4) is 0 Å². The molecule has 3 rings (SSSR count). The molecule has 0 saturated heterocycles. The van der Waals surface area contributed by atoms with Crippen LogP contribution < -0.4 is 5.32 Å². The van der Waals surface area contributed by atoms with Crippen molar-refractivity contribution >= 4 is 32.7 Å². The predicted molar refractivity (Wildman–Crippen MR) is 83.6 cm³/mol. The number of aromatic amines is 1. The van der Waals surface area contributed by atoms with E-state index in [4.69, 9.17) is 0 Å². The third-order valence-electron chi connectivity index (χ3n) is 3.23. The molecule has 1 amide bonds. The van der Waals surface area contributed by atoms with Crippen molar-refractivity contribution in [3.05, 3.63) is 70.3 Å². The van der Waals surface area contributed by atoms with Crippen LogP contribution in [0.4, 0.5) is 0 Å². The molecule has 100 valence electrons. The second-order valence-electron chi connectivity index (χ2n) is 4.52. The summed E-state index contributed by atoms with van der Waals surface area (Å²) in [5.41, 5.74) is 2.59. The Labute approximate surface area is 125 Å². The molecule has 0 saturated carbocycles. The normalized spacial score (nSPS) is 10.7. The van der Waals surface area contributed by atoms with E-state index in [0.29, 0.717) is 12.1 Å². The SMILES string of the molecule is O=C(NCc1ccccc1Br)c1cccc2cc[nH]c12. The van der Waals surface area contributed by atoms with Gasteiger partial charge in [-0.2, -0.15) is 0 Å². The molecular weight excluding hydrogens is 316 g/mol. The van der Waals surface area contributed by atoms with Crippen molar-refractivity contribution in [1.29, 1.82) is 0 Å². The Morgan fingerprint density at radius 1 is 1.10 bits per heavy atom. The minimum absolute atomic E-state index is 0.0752. The van der Waals surface area contributed by atoms with Crippen molar-refractivity contribution in [3.63, 3.8) is 0 Å². The maximum Gasteiger partial charge on any atom is 0.253 e. The van der Waals surface area contributed by atoms with Crippen molar-refractivity contribution in [2.24, 2.45) is 0 Å². The molecule has 20 heavy (non-hydrogen) atoms. The summed E-state index contributed by atoms with van der Waals surface area (Å²) in [7, 11) is 0. The Morgan fingerprint density at radius 2 is 1.95 bits per heavy atom. The summed E-state index contributed by atoms with van der Waals surface area (Å²) in [5.74, 6) is -0.0752. The minimum Gasteiger partial charge on any atom is -0.361 e. The van der Waals surface area contributed by atoms with Gasteiger partial charge in [0.2, 0.25) is 0 Å². The smallest absolute Gasteiger partial charge is 0.253 e. The van der Waals surface area contributed by atoms with Gasteiger partial charge in [0, 0.05) is 22.6 Å². The maximum absolute atomic E-state index is 12.3. The number of H-pyrrole nitrogens is 1. The number of carbonyl (C=O) groups is 1. The summed E-state index contributed by atoms with van der Waals surface area (Å²) >= 11 is 3.48. The fourth-order valence-electron chi connectivity index (χ4n) is 2.19. The van der Waals surface area contributed by atoms with Crippen molar-refractivity contribution in [2.45, 2.75) is 6.54 Å². The molecule has 0 aliphatic carbocycles. The second kappa shape index (κ2) is 5.51. The lowest BCUT2D eigenvalue weighted by molar-refractivity contribution is 0.0952. The first-order valence-electron chi connectivity index (χ1n) is 6.33. The number of hydrogen-bond donors (Lipinski definition) is 2. The summed E-state index contributed by atoms with van der Waals surface area (Å²) < 4.78 is 0.999. The second-order valence-corrected chi connectivity index (χ2v) is 5.38. The average Bonchev–Trinajstić information content (AvgIpc) is 2.94. The summed E-state index contributed by atoms with van der Waals surface area (Å²) in [6.07, 6.45) is 1.84. The van der Waals surface area contributed by atoms with Crippen LogP contribution in [-0.2, 0) is 6.54 Å². The number of benzene rings is 2. The summed E-state index contributed by atoms with van der Waals surface area (Å²) in [6, 6.07) is 15.5. The van der Waals surface area contributed by atoms with Gasteiger partial charge in [0.05, 0.1) is 11.1 Å². The average molecular weight is 329 g/mol. The topological polar surface area (TPSA) is 44.9 Å². The number of nitrogens with one attached hydrogen (secondary N) is 2. The van der Waals surface area contributed by atoms with Crippen molar-refractivity contribution in [1.82, 2.24) is 10.3 Å². The molecule has 0 fully saturated rings. The van der Waals surface area contributed by atoms with E-state index in [9.17, 15) is 4.79 Å². The van der Waals surface area contributed by atoms with Crippen LogP contribution in [0.3, 0.4) is 0 Å². The lowest BCUT2D eigenvalue weighted by Crippen LogP contribution is -2.23. The largest absolute Gasteiger partial charge is 0.361 e. The highest BCUT2D eigenvalue weighted by Gasteiger charge is 2.10. The van der Waals surface area contributed by atoms with E-state index >= 15 is 0 Å². The van der Waals surface area contributed by atoms with Gasteiger partial charge in [0.15, 0.2) is 0 Å². The zero-order valence-electron chi connectivity index (χ0n) is 10.7. The van der Waals surface area contributed by atoms with Crippen molar-refractivity contribution in [2.75, 3.05) is 0 Å². The molecule has 1 heterocycles. The van der Waals surface area contributed by atoms with E-state index in [0.717, 1.165) is 20.9 Å². The van der Waals surface area contributed by atoms with E-state index in [1.165, 1.54) is 0 Å². The highest BCUT2D eigenvalue weighted by atomic mass is 79.9. The van der Waals surface area contributed by atoms with Gasteiger partial charge in [-0.05, 0) is 23.8 Å².